The van der Waals surface area contributed by atoms with Gasteiger partial charge in [0, 0.05) is 36.6 Å². The van der Waals surface area contributed by atoms with E-state index in [9.17, 15) is 22.8 Å². The van der Waals surface area contributed by atoms with Crippen molar-refractivity contribution in [3.8, 4) is 28.1 Å². The highest BCUT2D eigenvalue weighted by Crippen LogP contribution is 2.40. The molecule has 3 N–H and O–H groups in total. The number of aliphatic carboxylic acids is 1. The van der Waals surface area contributed by atoms with E-state index < -0.39 is 18.4 Å². The third kappa shape index (κ3) is 6.69. The van der Waals surface area contributed by atoms with E-state index in [0.717, 1.165) is 5.56 Å². The van der Waals surface area contributed by atoms with E-state index in [1.54, 1.807) is 72.5 Å². The van der Waals surface area contributed by atoms with Crippen LogP contribution in [0.4, 0.5) is 23.7 Å². The fraction of sp³-hybridized carbons (Fsp3) is 0.148. The monoisotopic (exact) mass is 524 g/mol. The number of nitrogens with one attached hydrogen (secondary N) is 2. The summed E-state index contributed by atoms with van der Waals surface area (Å²) in [5.74, 6) is -1.28. The third-order valence-electron chi connectivity index (χ3n) is 5.61. The van der Waals surface area contributed by atoms with Crippen molar-refractivity contribution in [1.29, 1.82) is 0 Å². The van der Waals surface area contributed by atoms with Crippen LogP contribution in [0.1, 0.15) is 11.1 Å². The van der Waals surface area contributed by atoms with Crippen LogP contribution in [0.25, 0.3) is 22.4 Å². The number of carbonyl (C=O) groups is 2. The quantitative estimate of drug-likeness (QED) is 0.278. The number of benzene rings is 3. The molecule has 0 atom stereocenters. The van der Waals surface area contributed by atoms with Gasteiger partial charge in [-0.2, -0.15) is 5.10 Å². The number of alkyl halides is 3. The number of carboxylic acid groups (broad SMARTS) is 1. The zero-order valence-corrected chi connectivity index (χ0v) is 20.1. The van der Waals surface area contributed by atoms with E-state index in [-0.39, 0.29) is 24.3 Å². The molecule has 0 bridgehead atoms. The molecule has 2 amide bonds. The largest absolute Gasteiger partial charge is 0.573 e. The molecule has 4 rings (SSSR count). The second-order valence-electron chi connectivity index (χ2n) is 8.34. The molecule has 0 unspecified atom stereocenters. The summed E-state index contributed by atoms with van der Waals surface area (Å²) >= 11 is 0. The van der Waals surface area contributed by atoms with Gasteiger partial charge in [-0.25, -0.2) is 4.79 Å². The number of para-hydroxylation sites is 1. The Labute approximate surface area is 215 Å². The van der Waals surface area contributed by atoms with E-state index in [1.807, 2.05) is 0 Å². The van der Waals surface area contributed by atoms with E-state index in [1.165, 1.54) is 18.2 Å². The Balaban J connectivity index is 1.56. The highest BCUT2D eigenvalue weighted by molar-refractivity contribution is 5.93. The van der Waals surface area contributed by atoms with Crippen LogP contribution >= 0.6 is 0 Å². The number of aromatic nitrogens is 2. The van der Waals surface area contributed by atoms with Crippen molar-refractivity contribution in [3.63, 3.8) is 0 Å². The highest BCUT2D eigenvalue weighted by Gasteiger charge is 2.32. The smallest absolute Gasteiger partial charge is 0.481 e. The van der Waals surface area contributed by atoms with Gasteiger partial charge in [0.05, 0.1) is 12.1 Å². The minimum absolute atomic E-state index is 0.0873. The maximum absolute atomic E-state index is 13.0. The zero-order chi connectivity index (χ0) is 27.3. The van der Waals surface area contributed by atoms with Gasteiger partial charge in [-0.3, -0.25) is 9.48 Å². The summed E-state index contributed by atoms with van der Waals surface area (Å²) in [6, 6.07) is 18.7. The normalized spacial score (nSPS) is 11.2. The lowest BCUT2D eigenvalue weighted by atomic mass is 9.96. The summed E-state index contributed by atoms with van der Waals surface area (Å²) in [5.41, 5.74) is 3.68. The van der Waals surface area contributed by atoms with Gasteiger partial charge in [0.15, 0.2) is 0 Å². The number of urea groups is 1. The van der Waals surface area contributed by atoms with Gasteiger partial charge in [-0.1, -0.05) is 48.5 Å². The van der Waals surface area contributed by atoms with E-state index in [4.69, 9.17) is 5.11 Å². The first-order valence-electron chi connectivity index (χ1n) is 11.4. The molecule has 0 saturated heterocycles. The number of amides is 2. The summed E-state index contributed by atoms with van der Waals surface area (Å²) in [6.45, 7) is 0.202. The SMILES string of the molecule is Cn1nccc1-c1cc(NC(=O)NCc2ccc(CC(=O)O)cc2)ccc1-c1ccccc1OC(F)(F)F. The molecule has 0 spiro atoms. The fourth-order valence-corrected chi connectivity index (χ4v) is 3.92. The number of anilines is 1. The zero-order valence-electron chi connectivity index (χ0n) is 20.1. The van der Waals surface area contributed by atoms with Crippen molar-refractivity contribution in [3.05, 3.63) is 90.1 Å². The lowest BCUT2D eigenvalue weighted by Gasteiger charge is -2.17. The van der Waals surface area contributed by atoms with Gasteiger partial charge >= 0.3 is 18.4 Å². The molecule has 0 aliphatic carbocycles. The predicted octanol–water partition coefficient (Wildman–Crippen LogP) is 5.60. The summed E-state index contributed by atoms with van der Waals surface area (Å²) in [6.07, 6.45) is -3.39. The van der Waals surface area contributed by atoms with Crippen molar-refractivity contribution in [1.82, 2.24) is 15.1 Å². The molecular weight excluding hydrogens is 501 g/mol. The molecule has 0 radical (unpaired) electrons. The molecular formula is C27H23F3N4O4. The molecule has 1 aromatic heterocycles. The number of aryl methyl sites for hydroxylation is 1. The van der Waals surface area contributed by atoms with E-state index >= 15 is 0 Å². The Kier molecular flexibility index (Phi) is 7.66. The Morgan fingerprint density at radius 2 is 1.66 bits per heavy atom. The molecule has 11 heteroatoms. The van der Waals surface area contributed by atoms with Gasteiger partial charge in [0.2, 0.25) is 0 Å². The molecule has 3 aromatic carbocycles. The van der Waals surface area contributed by atoms with Gasteiger partial charge < -0.3 is 20.5 Å². The maximum atomic E-state index is 13.0. The van der Waals surface area contributed by atoms with Crippen LogP contribution in [-0.4, -0.2) is 33.2 Å². The molecule has 38 heavy (non-hydrogen) atoms. The number of carboxylic acids is 1. The van der Waals surface area contributed by atoms with Gasteiger partial charge in [-0.05, 0) is 41.0 Å². The van der Waals surface area contributed by atoms with Crippen LogP contribution in [0, 0.1) is 0 Å². The molecule has 4 aromatic rings. The number of ether oxygens (including phenoxy) is 1. The van der Waals surface area contributed by atoms with Crippen molar-refractivity contribution in [2.45, 2.75) is 19.3 Å². The van der Waals surface area contributed by atoms with Gasteiger partial charge in [0.1, 0.15) is 5.75 Å². The van der Waals surface area contributed by atoms with Crippen LogP contribution in [0.5, 0.6) is 5.75 Å². The van der Waals surface area contributed by atoms with Crippen LogP contribution in [0.2, 0.25) is 0 Å². The number of halogens is 3. The Hall–Kier alpha value is -4.80. The van der Waals surface area contributed by atoms with E-state index in [2.05, 4.69) is 20.5 Å². The molecule has 8 nitrogen and oxygen atoms in total. The Morgan fingerprint density at radius 3 is 2.32 bits per heavy atom. The van der Waals surface area contributed by atoms with Crippen molar-refractivity contribution in [2.24, 2.45) is 7.05 Å². The van der Waals surface area contributed by atoms with Crippen LogP contribution in [0.15, 0.2) is 79.0 Å². The fourth-order valence-electron chi connectivity index (χ4n) is 3.92. The summed E-state index contributed by atoms with van der Waals surface area (Å²) in [5, 5.41) is 18.5. The Morgan fingerprint density at radius 1 is 0.947 bits per heavy atom. The van der Waals surface area contributed by atoms with Crippen molar-refractivity contribution in [2.75, 3.05) is 5.32 Å². The predicted molar refractivity (Wildman–Crippen MR) is 134 cm³/mol. The molecule has 0 fully saturated rings. The standard InChI is InChI=1S/C27H23F3N4O4/c1-34-23(12-13-32-34)22-15-19(10-11-20(22)21-4-2-3-5-24(21)38-27(28,29)30)33-26(37)31-16-18-8-6-17(7-9-18)14-25(35)36/h2-13,15H,14,16H2,1H3,(H,35,36)(H2,31,33,37). The lowest BCUT2D eigenvalue weighted by Crippen LogP contribution is -2.28. The number of hydrogen-bond acceptors (Lipinski definition) is 4. The first kappa shape index (κ1) is 26.3. The number of carbonyl (C=O) groups excluding carboxylic acids is 1. The molecule has 196 valence electrons. The molecule has 0 aliphatic rings. The summed E-state index contributed by atoms with van der Waals surface area (Å²) < 4.78 is 44.9. The molecule has 1 heterocycles. The molecule has 0 aliphatic heterocycles. The second kappa shape index (κ2) is 11.1. The van der Waals surface area contributed by atoms with Gasteiger partial charge in [0.25, 0.3) is 0 Å². The average molecular weight is 524 g/mol. The molecule has 0 saturated carbocycles. The highest BCUT2D eigenvalue weighted by atomic mass is 19.4. The van der Waals surface area contributed by atoms with Crippen LogP contribution in [-0.2, 0) is 24.8 Å². The van der Waals surface area contributed by atoms with Crippen LogP contribution < -0.4 is 15.4 Å². The minimum atomic E-state index is -4.86. The van der Waals surface area contributed by atoms with Crippen molar-refractivity contribution < 1.29 is 32.6 Å². The van der Waals surface area contributed by atoms with E-state index in [0.29, 0.717) is 28.1 Å². The van der Waals surface area contributed by atoms with Crippen LogP contribution in [0.3, 0.4) is 0 Å². The second-order valence-corrected chi connectivity index (χ2v) is 8.34. The average Bonchev–Trinajstić information content (AvgIpc) is 3.28. The number of nitrogens with zero attached hydrogens (tertiary/aromatic N) is 2. The Bertz CT molecular complexity index is 1450. The number of rotatable bonds is 8. The minimum Gasteiger partial charge on any atom is -0.481 e. The first-order chi connectivity index (χ1) is 18.1. The van der Waals surface area contributed by atoms with Crippen molar-refractivity contribution >= 4 is 17.7 Å². The summed E-state index contributed by atoms with van der Waals surface area (Å²) in [4.78, 5) is 23.4. The number of hydrogen-bond donors (Lipinski definition) is 3. The first-order valence-corrected chi connectivity index (χ1v) is 11.4. The van der Waals surface area contributed by atoms with Gasteiger partial charge in [-0.15, -0.1) is 13.2 Å². The third-order valence-corrected chi connectivity index (χ3v) is 5.61. The topological polar surface area (TPSA) is 105 Å². The summed E-state index contributed by atoms with van der Waals surface area (Å²) in [7, 11) is 1.70. The maximum Gasteiger partial charge on any atom is 0.573 e. The lowest BCUT2D eigenvalue weighted by molar-refractivity contribution is -0.274.